The zero-order valence-electron chi connectivity index (χ0n) is 7.21. The van der Waals surface area contributed by atoms with Gasteiger partial charge in [0.25, 0.3) is 0 Å². The lowest BCUT2D eigenvalue weighted by molar-refractivity contribution is -0.125. The van der Waals surface area contributed by atoms with Crippen molar-refractivity contribution < 1.29 is 4.79 Å². The van der Waals surface area contributed by atoms with Crippen LogP contribution in [0.25, 0.3) is 0 Å². The fourth-order valence-electron chi connectivity index (χ4n) is 0.761. The molecule has 1 amide bonds. The number of β-lactam (4-membered cyclic amide) rings is 1. The molecule has 1 aromatic carbocycles. The number of aryl methyl sites for hydroxylation is 1. The average molecular weight is 163 g/mol. The number of amides is 1. The topological polar surface area (TPSA) is 29.1 Å². The molecule has 2 rings (SSSR count). The highest BCUT2D eigenvalue weighted by atomic mass is 16.2. The number of benzene rings is 1. The Labute approximate surface area is 72.6 Å². The standard InChI is InChI=1S/C7H8.C3H5NO/c1-7-5-3-2-4-6-7;5-3-1-2-4-3/h2-6H,1H3;1-2H2,(H,4,5). The summed E-state index contributed by atoms with van der Waals surface area (Å²) in [5.41, 5.74) is 1.32. The molecule has 1 N–H and O–H groups in total. The molecule has 0 atom stereocenters. The first kappa shape index (κ1) is 8.78. The van der Waals surface area contributed by atoms with Crippen LogP contribution in [0.15, 0.2) is 30.3 Å². The van der Waals surface area contributed by atoms with Crippen molar-refractivity contribution in [3.63, 3.8) is 0 Å². The first-order chi connectivity index (χ1) is 5.79. The summed E-state index contributed by atoms with van der Waals surface area (Å²) in [6.07, 6.45) is 0.736. The molecule has 1 aliphatic heterocycles. The quantitative estimate of drug-likeness (QED) is 0.577. The largest absolute Gasteiger partial charge is 0.356 e. The molecule has 64 valence electrons. The van der Waals surface area contributed by atoms with E-state index in [2.05, 4.69) is 24.4 Å². The SMILES string of the molecule is Cc1ccccc1.O=C1CCN1. The van der Waals surface area contributed by atoms with Crippen LogP contribution in [-0.4, -0.2) is 12.5 Å². The number of carbonyl (C=O) groups excluding carboxylic acids is 1. The number of hydrogen-bond donors (Lipinski definition) is 1. The summed E-state index contributed by atoms with van der Waals surface area (Å²) in [6, 6.07) is 10.3. The second kappa shape index (κ2) is 4.54. The fraction of sp³-hybridized carbons (Fsp3) is 0.300. The third-order valence-electron chi connectivity index (χ3n) is 1.61. The van der Waals surface area contributed by atoms with E-state index in [0.29, 0.717) is 0 Å². The van der Waals surface area contributed by atoms with Gasteiger partial charge in [-0.25, -0.2) is 0 Å². The van der Waals surface area contributed by atoms with E-state index in [1.54, 1.807) is 0 Å². The predicted octanol–water partition coefficient (Wildman–Crippen LogP) is 1.50. The lowest BCUT2D eigenvalue weighted by atomic mass is 10.2. The summed E-state index contributed by atoms with van der Waals surface area (Å²) >= 11 is 0. The first-order valence-electron chi connectivity index (χ1n) is 4.07. The number of carbonyl (C=O) groups is 1. The third kappa shape index (κ3) is 3.19. The van der Waals surface area contributed by atoms with Crippen molar-refractivity contribution in [3.8, 4) is 0 Å². The molecular formula is C10H13NO. The van der Waals surface area contributed by atoms with Gasteiger partial charge in [0.05, 0.1) is 0 Å². The molecule has 1 heterocycles. The second-order valence-corrected chi connectivity index (χ2v) is 2.75. The van der Waals surface area contributed by atoms with Crippen molar-refractivity contribution in [2.75, 3.05) is 6.54 Å². The van der Waals surface area contributed by atoms with E-state index in [4.69, 9.17) is 0 Å². The molecule has 1 fully saturated rings. The summed E-state index contributed by atoms with van der Waals surface area (Å²) in [7, 11) is 0. The molecule has 0 aromatic heterocycles. The van der Waals surface area contributed by atoms with Crippen LogP contribution in [0, 0.1) is 6.92 Å². The fourth-order valence-corrected chi connectivity index (χ4v) is 0.761. The minimum atomic E-state index is 0.185. The molecule has 0 radical (unpaired) electrons. The number of hydrogen-bond acceptors (Lipinski definition) is 1. The van der Waals surface area contributed by atoms with Crippen LogP contribution < -0.4 is 5.32 Å². The van der Waals surface area contributed by atoms with Gasteiger partial charge in [-0.1, -0.05) is 35.9 Å². The van der Waals surface area contributed by atoms with Gasteiger partial charge in [-0.2, -0.15) is 0 Å². The molecule has 2 heteroatoms. The molecule has 1 aliphatic rings. The summed E-state index contributed by atoms with van der Waals surface area (Å²) in [5.74, 6) is 0.185. The van der Waals surface area contributed by atoms with E-state index in [0.717, 1.165) is 13.0 Å². The predicted molar refractivity (Wildman–Crippen MR) is 48.8 cm³/mol. The van der Waals surface area contributed by atoms with Crippen LogP contribution in [0.2, 0.25) is 0 Å². The molecule has 1 saturated heterocycles. The van der Waals surface area contributed by atoms with Gasteiger partial charge in [0.2, 0.25) is 5.91 Å². The summed E-state index contributed by atoms with van der Waals surface area (Å²) in [5, 5.41) is 2.57. The van der Waals surface area contributed by atoms with Crippen molar-refractivity contribution in [2.24, 2.45) is 0 Å². The van der Waals surface area contributed by atoms with Crippen LogP contribution in [-0.2, 0) is 4.79 Å². The van der Waals surface area contributed by atoms with E-state index < -0.39 is 0 Å². The van der Waals surface area contributed by atoms with E-state index in [-0.39, 0.29) is 5.91 Å². The monoisotopic (exact) mass is 163 g/mol. The average Bonchev–Trinajstić information content (AvgIpc) is 2.04. The summed E-state index contributed by atoms with van der Waals surface area (Å²) in [6.45, 7) is 2.97. The Morgan fingerprint density at radius 3 is 1.92 bits per heavy atom. The minimum Gasteiger partial charge on any atom is -0.356 e. The van der Waals surface area contributed by atoms with Crippen LogP contribution in [0.3, 0.4) is 0 Å². The molecule has 0 unspecified atom stereocenters. The highest BCUT2D eigenvalue weighted by Gasteiger charge is 2.07. The van der Waals surface area contributed by atoms with Gasteiger partial charge < -0.3 is 5.32 Å². The maximum Gasteiger partial charge on any atom is 0.221 e. The number of rotatable bonds is 0. The second-order valence-electron chi connectivity index (χ2n) is 2.75. The van der Waals surface area contributed by atoms with Crippen molar-refractivity contribution in [1.29, 1.82) is 0 Å². The van der Waals surface area contributed by atoms with E-state index >= 15 is 0 Å². The Morgan fingerprint density at radius 2 is 1.75 bits per heavy atom. The Balaban J connectivity index is 0.000000127. The van der Waals surface area contributed by atoms with Crippen LogP contribution >= 0.6 is 0 Å². The molecule has 2 nitrogen and oxygen atoms in total. The highest BCUT2D eigenvalue weighted by molar-refractivity contribution is 5.81. The molecule has 0 saturated carbocycles. The van der Waals surface area contributed by atoms with Gasteiger partial charge in [-0.3, -0.25) is 4.79 Å². The van der Waals surface area contributed by atoms with Crippen molar-refractivity contribution in [2.45, 2.75) is 13.3 Å². The van der Waals surface area contributed by atoms with Gasteiger partial charge in [-0.05, 0) is 6.92 Å². The van der Waals surface area contributed by atoms with E-state index in [9.17, 15) is 4.79 Å². The van der Waals surface area contributed by atoms with Crippen LogP contribution in [0.5, 0.6) is 0 Å². The van der Waals surface area contributed by atoms with Gasteiger partial charge >= 0.3 is 0 Å². The lowest BCUT2D eigenvalue weighted by Crippen LogP contribution is -2.37. The smallest absolute Gasteiger partial charge is 0.221 e. The molecule has 12 heavy (non-hydrogen) atoms. The van der Waals surface area contributed by atoms with Gasteiger partial charge in [-0.15, -0.1) is 0 Å². The van der Waals surface area contributed by atoms with E-state index in [1.165, 1.54) is 5.56 Å². The van der Waals surface area contributed by atoms with Crippen LogP contribution in [0.1, 0.15) is 12.0 Å². The van der Waals surface area contributed by atoms with Crippen molar-refractivity contribution >= 4 is 5.91 Å². The molecule has 1 aromatic rings. The number of nitrogens with one attached hydrogen (secondary N) is 1. The molecular weight excluding hydrogens is 150 g/mol. The van der Waals surface area contributed by atoms with Gasteiger partial charge in [0.15, 0.2) is 0 Å². The zero-order chi connectivity index (χ0) is 8.81. The zero-order valence-corrected chi connectivity index (χ0v) is 7.21. The molecule has 0 spiro atoms. The van der Waals surface area contributed by atoms with Gasteiger partial charge in [0.1, 0.15) is 0 Å². The minimum absolute atomic E-state index is 0.185. The van der Waals surface area contributed by atoms with Crippen molar-refractivity contribution in [3.05, 3.63) is 35.9 Å². The third-order valence-corrected chi connectivity index (χ3v) is 1.61. The summed E-state index contributed by atoms with van der Waals surface area (Å²) < 4.78 is 0. The van der Waals surface area contributed by atoms with Crippen LogP contribution in [0.4, 0.5) is 0 Å². The Bertz CT molecular complexity index is 237. The Morgan fingerprint density at radius 1 is 1.25 bits per heavy atom. The highest BCUT2D eigenvalue weighted by Crippen LogP contribution is 1.92. The van der Waals surface area contributed by atoms with E-state index in [1.807, 2.05) is 18.2 Å². The maximum absolute atomic E-state index is 9.79. The Kier molecular flexibility index (Phi) is 3.33. The van der Waals surface area contributed by atoms with Crippen molar-refractivity contribution in [1.82, 2.24) is 5.32 Å². The summed E-state index contributed by atoms with van der Waals surface area (Å²) in [4.78, 5) is 9.79. The molecule has 0 aliphatic carbocycles. The van der Waals surface area contributed by atoms with Gasteiger partial charge in [0, 0.05) is 13.0 Å². The Hall–Kier alpha value is -1.31. The molecule has 0 bridgehead atoms. The normalized spacial score (nSPS) is 13.6. The lowest BCUT2D eigenvalue weighted by Gasteiger charge is -2.10. The first-order valence-corrected chi connectivity index (χ1v) is 4.07. The maximum atomic E-state index is 9.79.